The first kappa shape index (κ1) is 22.0. The van der Waals surface area contributed by atoms with E-state index in [2.05, 4.69) is 9.80 Å². The molecule has 170 valence electrons. The molecule has 0 aromatic heterocycles. The smallest absolute Gasteiger partial charge is 0.247 e. The molecule has 2 aromatic carbocycles. The van der Waals surface area contributed by atoms with Gasteiger partial charge in [-0.25, -0.2) is 0 Å². The van der Waals surface area contributed by atoms with Gasteiger partial charge in [0.15, 0.2) is 11.5 Å². The third-order valence-corrected chi connectivity index (χ3v) is 6.27. The quantitative estimate of drug-likeness (QED) is 0.660. The van der Waals surface area contributed by atoms with Crippen LogP contribution < -0.4 is 14.4 Å². The second-order valence-corrected chi connectivity index (χ2v) is 8.05. The molecule has 0 saturated carbocycles. The van der Waals surface area contributed by atoms with Crippen LogP contribution in [0.15, 0.2) is 42.5 Å². The van der Waals surface area contributed by atoms with Crippen molar-refractivity contribution >= 4 is 17.5 Å². The van der Waals surface area contributed by atoms with Crippen LogP contribution in [0.1, 0.15) is 12.0 Å². The highest BCUT2D eigenvalue weighted by Gasteiger charge is 2.42. The number of piperazine rings is 1. The molecule has 0 aliphatic carbocycles. The third-order valence-electron chi connectivity index (χ3n) is 6.27. The van der Waals surface area contributed by atoms with Gasteiger partial charge < -0.3 is 19.5 Å². The molecule has 1 N–H and O–H groups in total. The van der Waals surface area contributed by atoms with Crippen LogP contribution in [-0.4, -0.2) is 79.7 Å². The maximum Gasteiger partial charge on any atom is 0.247 e. The summed E-state index contributed by atoms with van der Waals surface area (Å²) in [5.41, 5.74) is 1.78. The van der Waals surface area contributed by atoms with Gasteiger partial charge in [0.2, 0.25) is 11.8 Å². The number of ether oxygens (including phenoxy) is 2. The predicted molar refractivity (Wildman–Crippen MR) is 120 cm³/mol. The molecule has 32 heavy (non-hydrogen) atoms. The summed E-state index contributed by atoms with van der Waals surface area (Å²) in [6, 6.07) is 12.5. The van der Waals surface area contributed by atoms with Gasteiger partial charge in [0, 0.05) is 32.7 Å². The Morgan fingerprint density at radius 1 is 0.969 bits per heavy atom. The van der Waals surface area contributed by atoms with E-state index in [1.54, 1.807) is 26.4 Å². The Morgan fingerprint density at radius 2 is 1.69 bits per heavy atom. The summed E-state index contributed by atoms with van der Waals surface area (Å²) in [7, 11) is 3.17. The van der Waals surface area contributed by atoms with Crippen LogP contribution in [0.3, 0.4) is 0 Å². The number of para-hydroxylation sites is 2. The number of phenols is 1. The zero-order chi connectivity index (χ0) is 22.7. The van der Waals surface area contributed by atoms with Crippen molar-refractivity contribution in [3.8, 4) is 17.2 Å². The number of hydrogen-bond donors (Lipinski definition) is 1. The average Bonchev–Trinajstić information content (AvgIpc) is 3.11. The predicted octanol–water partition coefficient (Wildman–Crippen LogP) is 1.90. The molecule has 4 rings (SSSR count). The van der Waals surface area contributed by atoms with Gasteiger partial charge in [0.05, 0.1) is 32.4 Å². The number of anilines is 1. The lowest BCUT2D eigenvalue weighted by Gasteiger charge is -2.38. The molecule has 2 aliphatic heterocycles. The molecule has 2 fully saturated rings. The zero-order valence-electron chi connectivity index (χ0n) is 18.5. The fraction of sp³-hybridized carbons (Fsp3) is 0.417. The number of hydrogen-bond acceptors (Lipinski definition) is 7. The molecule has 2 saturated heterocycles. The number of nitrogens with zero attached hydrogens (tertiary/aromatic N) is 3. The summed E-state index contributed by atoms with van der Waals surface area (Å²) >= 11 is 0. The van der Waals surface area contributed by atoms with Crippen molar-refractivity contribution in [2.24, 2.45) is 0 Å². The van der Waals surface area contributed by atoms with Crippen LogP contribution in [0.2, 0.25) is 0 Å². The van der Waals surface area contributed by atoms with Crippen molar-refractivity contribution in [3.05, 3.63) is 48.0 Å². The molecule has 0 unspecified atom stereocenters. The first-order valence-electron chi connectivity index (χ1n) is 10.8. The zero-order valence-corrected chi connectivity index (χ0v) is 18.5. The number of imide groups is 1. The van der Waals surface area contributed by atoms with E-state index in [0.29, 0.717) is 50.6 Å². The van der Waals surface area contributed by atoms with E-state index in [0.717, 1.165) is 11.3 Å². The van der Waals surface area contributed by atoms with Crippen molar-refractivity contribution in [1.82, 2.24) is 9.80 Å². The molecule has 2 heterocycles. The Morgan fingerprint density at radius 3 is 2.38 bits per heavy atom. The lowest BCUT2D eigenvalue weighted by Crippen LogP contribution is -2.52. The molecular weight excluding hydrogens is 410 g/mol. The number of benzene rings is 2. The van der Waals surface area contributed by atoms with Gasteiger partial charge in [-0.1, -0.05) is 18.2 Å². The first-order chi connectivity index (χ1) is 15.5. The highest BCUT2D eigenvalue weighted by molar-refractivity contribution is 6.05. The van der Waals surface area contributed by atoms with Gasteiger partial charge in [-0.2, -0.15) is 0 Å². The van der Waals surface area contributed by atoms with E-state index in [1.807, 2.05) is 30.3 Å². The number of methoxy groups -OCH3 is 2. The Kier molecular flexibility index (Phi) is 6.50. The molecule has 0 spiro atoms. The SMILES string of the molecule is COc1ccc(CCN2C(=O)C[C@@H](N3CCN(c4ccccc4O)CC3)C2=O)cc1OC. The molecule has 2 aromatic rings. The molecular formula is C24H29N3O5. The van der Waals surface area contributed by atoms with E-state index < -0.39 is 6.04 Å². The molecule has 0 radical (unpaired) electrons. The fourth-order valence-electron chi connectivity index (χ4n) is 4.47. The van der Waals surface area contributed by atoms with Gasteiger partial charge in [0.25, 0.3) is 0 Å². The molecule has 0 bridgehead atoms. The summed E-state index contributed by atoms with van der Waals surface area (Å²) < 4.78 is 10.6. The maximum atomic E-state index is 13.0. The van der Waals surface area contributed by atoms with Gasteiger partial charge in [-0.05, 0) is 36.2 Å². The summed E-state index contributed by atoms with van der Waals surface area (Å²) in [6.07, 6.45) is 0.785. The van der Waals surface area contributed by atoms with Crippen molar-refractivity contribution in [2.45, 2.75) is 18.9 Å². The van der Waals surface area contributed by atoms with E-state index in [4.69, 9.17) is 9.47 Å². The first-order valence-corrected chi connectivity index (χ1v) is 10.8. The monoisotopic (exact) mass is 439 g/mol. The van der Waals surface area contributed by atoms with Gasteiger partial charge in [0.1, 0.15) is 5.75 Å². The van der Waals surface area contributed by atoms with Crippen LogP contribution >= 0.6 is 0 Å². The largest absolute Gasteiger partial charge is 0.506 e. The minimum absolute atomic E-state index is 0.119. The van der Waals surface area contributed by atoms with Crippen LogP contribution in [0, 0.1) is 0 Å². The van der Waals surface area contributed by atoms with E-state index in [1.165, 1.54) is 4.90 Å². The lowest BCUT2D eigenvalue weighted by atomic mass is 10.1. The Bertz CT molecular complexity index is 987. The number of aromatic hydroxyl groups is 1. The average molecular weight is 440 g/mol. The van der Waals surface area contributed by atoms with Crippen molar-refractivity contribution in [2.75, 3.05) is 51.8 Å². The van der Waals surface area contributed by atoms with Crippen LogP contribution in [0.25, 0.3) is 0 Å². The maximum absolute atomic E-state index is 13.0. The molecule has 1 atom stereocenters. The highest BCUT2D eigenvalue weighted by atomic mass is 16.5. The number of rotatable bonds is 7. The van der Waals surface area contributed by atoms with Gasteiger partial charge >= 0.3 is 0 Å². The lowest BCUT2D eigenvalue weighted by molar-refractivity contribution is -0.139. The van der Waals surface area contributed by atoms with Crippen molar-refractivity contribution in [1.29, 1.82) is 0 Å². The summed E-state index contributed by atoms with van der Waals surface area (Å²) in [4.78, 5) is 31.2. The minimum Gasteiger partial charge on any atom is -0.506 e. The number of amides is 2. The normalized spacial score (nSPS) is 19.5. The Labute approximate surface area is 187 Å². The summed E-state index contributed by atoms with van der Waals surface area (Å²) in [5.74, 6) is 1.29. The van der Waals surface area contributed by atoms with Crippen molar-refractivity contribution in [3.63, 3.8) is 0 Å². The van der Waals surface area contributed by atoms with Crippen LogP contribution in [-0.2, 0) is 16.0 Å². The molecule has 8 heteroatoms. The fourth-order valence-corrected chi connectivity index (χ4v) is 4.47. The van der Waals surface area contributed by atoms with Gasteiger partial charge in [-0.3, -0.25) is 19.4 Å². The van der Waals surface area contributed by atoms with E-state index in [9.17, 15) is 14.7 Å². The Hall–Kier alpha value is -3.26. The summed E-state index contributed by atoms with van der Waals surface area (Å²) in [6.45, 7) is 3.08. The van der Waals surface area contributed by atoms with E-state index >= 15 is 0 Å². The third kappa shape index (κ3) is 4.36. The number of carbonyl (C=O) groups is 2. The van der Waals surface area contributed by atoms with E-state index in [-0.39, 0.29) is 24.0 Å². The molecule has 2 amide bonds. The van der Waals surface area contributed by atoms with Crippen LogP contribution in [0.5, 0.6) is 17.2 Å². The Balaban J connectivity index is 1.35. The standard InChI is InChI=1S/C24H29N3O5/c1-31-21-8-7-17(15-22(21)32-2)9-10-27-23(29)16-19(24(27)30)26-13-11-25(12-14-26)18-5-3-4-6-20(18)28/h3-8,15,19,28H,9-14,16H2,1-2H3/t19-/m1/s1. The molecule has 2 aliphatic rings. The highest BCUT2D eigenvalue weighted by Crippen LogP contribution is 2.30. The second-order valence-electron chi connectivity index (χ2n) is 8.05. The topological polar surface area (TPSA) is 82.5 Å². The van der Waals surface area contributed by atoms with Gasteiger partial charge in [-0.15, -0.1) is 0 Å². The van der Waals surface area contributed by atoms with Crippen LogP contribution in [0.4, 0.5) is 5.69 Å². The number of likely N-dealkylation sites (tertiary alicyclic amines) is 1. The number of phenolic OH excluding ortho intramolecular Hbond substituents is 1. The van der Waals surface area contributed by atoms with Crippen molar-refractivity contribution < 1.29 is 24.2 Å². The minimum atomic E-state index is -0.403. The second kappa shape index (κ2) is 9.48. The number of carbonyl (C=O) groups excluding carboxylic acids is 2. The summed E-state index contributed by atoms with van der Waals surface area (Å²) in [5, 5.41) is 10.1. The molecule has 8 nitrogen and oxygen atoms in total.